The van der Waals surface area contributed by atoms with Crippen LogP contribution in [0.15, 0.2) is 0 Å². The van der Waals surface area contributed by atoms with Gasteiger partial charge in [0.25, 0.3) is 0 Å². The van der Waals surface area contributed by atoms with Crippen molar-refractivity contribution < 1.29 is 78.0 Å². The van der Waals surface area contributed by atoms with Crippen molar-refractivity contribution in [3.05, 3.63) is 0 Å². The van der Waals surface area contributed by atoms with E-state index in [0.717, 1.165) is 0 Å². The number of ether oxygens (including phenoxy) is 1. The van der Waals surface area contributed by atoms with E-state index in [9.17, 15) is 43.7 Å². The quantitative estimate of drug-likeness (QED) is 0.344. The minimum atomic E-state index is -7.04. The van der Waals surface area contributed by atoms with Gasteiger partial charge in [0, 0.05) is 0 Å². The summed E-state index contributed by atoms with van der Waals surface area (Å²) in [5.74, 6) is 0. The predicted octanol–water partition coefficient (Wildman–Crippen LogP) is -1.74. The van der Waals surface area contributed by atoms with E-state index in [2.05, 4.69) is 0 Å². The summed E-state index contributed by atoms with van der Waals surface area (Å²) in [6.07, 6.45) is -12.9. The first-order chi connectivity index (χ1) is 6.21. The summed E-state index contributed by atoms with van der Waals surface area (Å²) in [5.41, 5.74) is 0. The molecule has 0 fully saturated rings. The molecule has 0 bridgehead atoms. The molecule has 0 rings (SSSR count). The zero-order valence-electron chi connectivity index (χ0n) is 7.19. The number of rotatable bonds is 2. The number of halogens is 7. The Morgan fingerprint density at radius 2 is 1.25 bits per heavy atom. The first-order valence-electron chi connectivity index (χ1n) is 2.69. The molecule has 13 heteroatoms. The maximum atomic E-state index is 12.3. The number of alkyl halides is 7. The normalized spacial score (nSPS) is 17.5. The molecule has 0 N–H and O–H groups in total. The second-order valence-corrected chi connectivity index (χ2v) is 3.47. The standard InChI is InChI=1S/C3HF7O4S.Na/c4-1(5,6)2(7,15(11,12)13)14-3(8,9)10;/h(H,11,12,13);/q;+1/p-1. The molecule has 0 spiro atoms. The van der Waals surface area contributed by atoms with Crippen LogP contribution in [-0.4, -0.2) is 30.7 Å². The topological polar surface area (TPSA) is 66.4 Å². The van der Waals surface area contributed by atoms with Crippen molar-refractivity contribution >= 4 is 10.1 Å². The fraction of sp³-hybridized carbons (Fsp3) is 1.00. The van der Waals surface area contributed by atoms with Gasteiger partial charge in [-0.25, -0.2) is 13.2 Å². The van der Waals surface area contributed by atoms with E-state index in [4.69, 9.17) is 0 Å². The summed E-state index contributed by atoms with van der Waals surface area (Å²) >= 11 is 0. The molecule has 4 nitrogen and oxygen atoms in total. The average molecular weight is 288 g/mol. The van der Waals surface area contributed by atoms with Gasteiger partial charge in [-0.05, 0) is 0 Å². The zero-order chi connectivity index (χ0) is 12.7. The van der Waals surface area contributed by atoms with E-state index in [1.165, 1.54) is 0 Å². The van der Waals surface area contributed by atoms with Crippen LogP contribution in [0.3, 0.4) is 0 Å². The maximum absolute atomic E-state index is 12.3. The third-order valence-corrected chi connectivity index (χ3v) is 1.87. The number of hydrogen-bond acceptors (Lipinski definition) is 4. The summed E-state index contributed by atoms with van der Waals surface area (Å²) in [4.78, 5) is 0. The Bertz CT molecular complexity index is 333. The molecule has 1 unspecified atom stereocenters. The Kier molecular flexibility index (Phi) is 5.78. The minimum absolute atomic E-state index is 0. The van der Waals surface area contributed by atoms with Crippen molar-refractivity contribution in [1.82, 2.24) is 0 Å². The molecular weight excluding hydrogens is 288 g/mol. The summed E-state index contributed by atoms with van der Waals surface area (Å²) in [5, 5.41) is -6.35. The molecule has 0 amide bonds. The van der Waals surface area contributed by atoms with E-state index in [0.29, 0.717) is 0 Å². The Hall–Kier alpha value is 0.380. The van der Waals surface area contributed by atoms with Gasteiger partial charge in [-0.15, -0.1) is 13.2 Å². The van der Waals surface area contributed by atoms with Crippen molar-refractivity contribution in [2.75, 3.05) is 0 Å². The Labute approximate surface area is 106 Å². The van der Waals surface area contributed by atoms with Gasteiger partial charge in [0.05, 0.1) is 0 Å². The minimum Gasteiger partial charge on any atom is -0.743 e. The summed E-state index contributed by atoms with van der Waals surface area (Å²) < 4.78 is 111. The molecule has 0 aromatic carbocycles. The number of hydrogen-bond donors (Lipinski definition) is 0. The fourth-order valence-corrected chi connectivity index (χ4v) is 0.880. The van der Waals surface area contributed by atoms with Gasteiger partial charge >= 0.3 is 47.3 Å². The molecule has 16 heavy (non-hydrogen) atoms. The van der Waals surface area contributed by atoms with E-state index in [-0.39, 0.29) is 29.6 Å². The van der Waals surface area contributed by atoms with E-state index < -0.39 is 27.8 Å². The molecule has 0 aromatic heterocycles. The van der Waals surface area contributed by atoms with Crippen LogP contribution in [0.4, 0.5) is 30.7 Å². The molecule has 0 saturated carbocycles. The van der Waals surface area contributed by atoms with Crippen molar-refractivity contribution in [2.24, 2.45) is 0 Å². The van der Waals surface area contributed by atoms with Crippen molar-refractivity contribution in [1.29, 1.82) is 0 Å². The van der Waals surface area contributed by atoms with Gasteiger partial charge in [0.1, 0.15) is 0 Å². The smallest absolute Gasteiger partial charge is 0.743 e. The van der Waals surface area contributed by atoms with Crippen LogP contribution >= 0.6 is 0 Å². The zero-order valence-corrected chi connectivity index (χ0v) is 10.0. The van der Waals surface area contributed by atoms with Gasteiger partial charge in [0.2, 0.25) is 0 Å². The molecule has 1 atom stereocenters. The van der Waals surface area contributed by atoms with Crippen molar-refractivity contribution in [2.45, 2.75) is 17.7 Å². The van der Waals surface area contributed by atoms with Crippen LogP contribution in [0.25, 0.3) is 0 Å². The first-order valence-corrected chi connectivity index (χ1v) is 4.09. The molecule has 0 aliphatic rings. The molecule has 92 valence electrons. The molecule has 0 saturated heterocycles. The van der Waals surface area contributed by atoms with E-state index in [1.54, 1.807) is 4.74 Å². The first kappa shape index (κ1) is 18.7. The Morgan fingerprint density at radius 1 is 0.938 bits per heavy atom. The second-order valence-electron chi connectivity index (χ2n) is 2.04. The van der Waals surface area contributed by atoms with Crippen molar-refractivity contribution in [3.8, 4) is 0 Å². The predicted molar refractivity (Wildman–Crippen MR) is 26.7 cm³/mol. The van der Waals surface area contributed by atoms with Gasteiger partial charge in [-0.1, -0.05) is 0 Å². The van der Waals surface area contributed by atoms with Crippen LogP contribution < -0.4 is 29.6 Å². The van der Waals surface area contributed by atoms with Gasteiger partial charge in [-0.2, -0.15) is 17.6 Å². The van der Waals surface area contributed by atoms with Crippen LogP contribution in [0.5, 0.6) is 0 Å². The molecule has 0 heterocycles. The maximum Gasteiger partial charge on any atom is 1.00 e. The molecule has 0 aromatic rings. The third kappa shape index (κ3) is 4.33. The van der Waals surface area contributed by atoms with Crippen LogP contribution in [0.2, 0.25) is 0 Å². The molecule has 0 aliphatic heterocycles. The summed E-state index contributed by atoms with van der Waals surface area (Å²) in [6.45, 7) is 0. The summed E-state index contributed by atoms with van der Waals surface area (Å²) in [6, 6.07) is 0. The molecule has 0 radical (unpaired) electrons. The molecular formula is C3F7NaO4S. The SMILES string of the molecule is O=S(=O)([O-])C(F)(OC(F)(F)F)C(F)(F)F.[Na+]. The third-order valence-electron chi connectivity index (χ3n) is 0.907. The van der Waals surface area contributed by atoms with Gasteiger partial charge < -0.3 is 4.55 Å². The monoisotopic (exact) mass is 288 g/mol. The van der Waals surface area contributed by atoms with E-state index >= 15 is 0 Å². The van der Waals surface area contributed by atoms with Crippen LogP contribution in [0.1, 0.15) is 0 Å². The van der Waals surface area contributed by atoms with E-state index in [1.807, 2.05) is 0 Å². The second kappa shape index (κ2) is 4.94. The summed E-state index contributed by atoms with van der Waals surface area (Å²) in [7, 11) is -7.04. The fourth-order valence-electron chi connectivity index (χ4n) is 0.399. The largest absolute Gasteiger partial charge is 1.00 e. The van der Waals surface area contributed by atoms with Gasteiger partial charge in [-0.3, -0.25) is 0 Å². The van der Waals surface area contributed by atoms with Crippen molar-refractivity contribution in [3.63, 3.8) is 0 Å². The Balaban J connectivity index is 0. The van der Waals surface area contributed by atoms with Crippen LogP contribution in [0, 0.1) is 0 Å². The molecule has 0 aliphatic carbocycles. The average Bonchev–Trinajstić information content (AvgIpc) is 1.77. The van der Waals surface area contributed by atoms with Gasteiger partial charge in [0.15, 0.2) is 10.1 Å². The Morgan fingerprint density at radius 3 is 1.31 bits per heavy atom. The van der Waals surface area contributed by atoms with Crippen LogP contribution in [-0.2, 0) is 14.9 Å².